The van der Waals surface area contributed by atoms with Gasteiger partial charge in [-0.2, -0.15) is 0 Å². The summed E-state index contributed by atoms with van der Waals surface area (Å²) in [5.41, 5.74) is 1.11. The Morgan fingerprint density at radius 2 is 2.00 bits per heavy atom. The van der Waals surface area contributed by atoms with E-state index in [1.807, 2.05) is 42.5 Å². The summed E-state index contributed by atoms with van der Waals surface area (Å²) >= 11 is 0. The lowest BCUT2D eigenvalue weighted by Gasteiger charge is -2.24. The zero-order valence-electron chi connectivity index (χ0n) is 12.6. The van der Waals surface area contributed by atoms with E-state index in [1.54, 1.807) is 0 Å². The monoisotopic (exact) mass is 288 g/mol. The molecule has 21 heavy (non-hydrogen) atoms. The number of carbonyl (C=O) groups excluding carboxylic acids is 1. The molecule has 0 bridgehead atoms. The van der Waals surface area contributed by atoms with Gasteiger partial charge in [0.25, 0.3) is 0 Å². The minimum Gasteiger partial charge on any atom is -0.396 e. The predicted octanol–water partition coefficient (Wildman–Crippen LogP) is 2.62. The maximum absolute atomic E-state index is 12.2. The summed E-state index contributed by atoms with van der Waals surface area (Å²) < 4.78 is 0. The molecule has 0 spiro atoms. The van der Waals surface area contributed by atoms with Gasteiger partial charge in [0, 0.05) is 18.6 Å². The van der Waals surface area contributed by atoms with Gasteiger partial charge in [0.2, 0.25) is 0 Å². The van der Waals surface area contributed by atoms with Crippen LogP contribution >= 0.6 is 0 Å². The number of benzene rings is 1. The number of rotatable bonds is 5. The SMILES string of the molecule is CC(C)C(NC(=O)N[C@@H]1C=C[C@H](CO)C1)c1ccccc1. The third-order valence-corrected chi connectivity index (χ3v) is 3.84. The molecule has 1 unspecified atom stereocenters. The van der Waals surface area contributed by atoms with E-state index in [0.29, 0.717) is 5.92 Å². The molecule has 1 aliphatic rings. The third-order valence-electron chi connectivity index (χ3n) is 3.84. The maximum Gasteiger partial charge on any atom is 0.315 e. The van der Waals surface area contributed by atoms with Crippen molar-refractivity contribution in [1.29, 1.82) is 0 Å². The van der Waals surface area contributed by atoms with Crippen LogP contribution in [-0.4, -0.2) is 23.8 Å². The summed E-state index contributed by atoms with van der Waals surface area (Å²) in [6, 6.07) is 9.83. The van der Waals surface area contributed by atoms with Crippen LogP contribution in [0.1, 0.15) is 31.9 Å². The molecule has 2 rings (SSSR count). The van der Waals surface area contributed by atoms with Gasteiger partial charge in [0.15, 0.2) is 0 Å². The summed E-state index contributed by atoms with van der Waals surface area (Å²) in [5.74, 6) is 0.466. The number of hydrogen-bond acceptors (Lipinski definition) is 2. The van der Waals surface area contributed by atoms with E-state index in [1.165, 1.54) is 0 Å². The number of aliphatic hydroxyl groups excluding tert-OH is 1. The van der Waals surface area contributed by atoms with Gasteiger partial charge in [0.1, 0.15) is 0 Å². The second kappa shape index (κ2) is 7.27. The van der Waals surface area contributed by atoms with Gasteiger partial charge in [-0.15, -0.1) is 0 Å². The van der Waals surface area contributed by atoms with Crippen molar-refractivity contribution in [3.8, 4) is 0 Å². The molecule has 1 aliphatic carbocycles. The van der Waals surface area contributed by atoms with Gasteiger partial charge >= 0.3 is 6.03 Å². The van der Waals surface area contributed by atoms with Crippen molar-refractivity contribution in [2.75, 3.05) is 6.61 Å². The molecule has 2 amide bonds. The van der Waals surface area contributed by atoms with Crippen LogP contribution in [-0.2, 0) is 0 Å². The van der Waals surface area contributed by atoms with E-state index in [9.17, 15) is 4.79 Å². The lowest BCUT2D eigenvalue weighted by Crippen LogP contribution is -2.43. The van der Waals surface area contributed by atoms with Crippen LogP contribution < -0.4 is 10.6 Å². The summed E-state index contributed by atoms with van der Waals surface area (Å²) in [6.07, 6.45) is 4.68. The number of urea groups is 1. The highest BCUT2D eigenvalue weighted by Crippen LogP contribution is 2.21. The van der Waals surface area contributed by atoms with E-state index in [-0.39, 0.29) is 30.6 Å². The van der Waals surface area contributed by atoms with Gasteiger partial charge in [-0.05, 0) is 17.9 Å². The Morgan fingerprint density at radius 1 is 1.29 bits per heavy atom. The molecular formula is C17H24N2O2. The first-order valence-corrected chi connectivity index (χ1v) is 7.51. The largest absolute Gasteiger partial charge is 0.396 e. The normalized spacial score (nSPS) is 22.3. The Bertz CT molecular complexity index is 485. The molecule has 4 nitrogen and oxygen atoms in total. The van der Waals surface area contributed by atoms with Gasteiger partial charge < -0.3 is 15.7 Å². The zero-order valence-corrected chi connectivity index (χ0v) is 12.6. The van der Waals surface area contributed by atoms with Gasteiger partial charge in [-0.3, -0.25) is 0 Å². The summed E-state index contributed by atoms with van der Waals surface area (Å²) in [5, 5.41) is 15.1. The highest BCUT2D eigenvalue weighted by molar-refractivity contribution is 5.75. The standard InChI is InChI=1S/C17H24N2O2/c1-12(2)16(14-6-4-3-5-7-14)19-17(21)18-15-9-8-13(10-15)11-20/h3-9,12-13,15-16,20H,10-11H2,1-2H3,(H2,18,19,21)/t13-,15+,16?/m0/s1. The fourth-order valence-corrected chi connectivity index (χ4v) is 2.66. The summed E-state index contributed by atoms with van der Waals surface area (Å²) in [4.78, 5) is 12.2. The number of nitrogens with one attached hydrogen (secondary N) is 2. The topological polar surface area (TPSA) is 61.4 Å². The molecule has 114 valence electrons. The fourth-order valence-electron chi connectivity index (χ4n) is 2.66. The summed E-state index contributed by atoms with van der Waals surface area (Å²) in [6.45, 7) is 4.32. The molecule has 1 aromatic carbocycles. The van der Waals surface area contributed by atoms with Crippen molar-refractivity contribution in [2.45, 2.75) is 32.4 Å². The minimum atomic E-state index is -0.161. The molecule has 1 aromatic rings. The Balaban J connectivity index is 1.92. The zero-order chi connectivity index (χ0) is 15.2. The molecule has 0 heterocycles. The molecule has 0 aliphatic heterocycles. The first-order valence-electron chi connectivity index (χ1n) is 7.51. The van der Waals surface area contributed by atoms with Gasteiger partial charge in [-0.25, -0.2) is 4.79 Å². The van der Waals surface area contributed by atoms with Crippen molar-refractivity contribution in [3.05, 3.63) is 48.0 Å². The van der Waals surface area contributed by atoms with Crippen molar-refractivity contribution in [1.82, 2.24) is 10.6 Å². The minimum absolute atomic E-state index is 0.00531. The highest BCUT2D eigenvalue weighted by Gasteiger charge is 2.22. The van der Waals surface area contributed by atoms with Crippen LogP contribution in [0.5, 0.6) is 0 Å². The Hall–Kier alpha value is -1.81. The fraction of sp³-hybridized carbons (Fsp3) is 0.471. The smallest absolute Gasteiger partial charge is 0.315 e. The average Bonchev–Trinajstić information content (AvgIpc) is 2.93. The highest BCUT2D eigenvalue weighted by atomic mass is 16.3. The number of hydrogen-bond donors (Lipinski definition) is 3. The average molecular weight is 288 g/mol. The summed E-state index contributed by atoms with van der Waals surface area (Å²) in [7, 11) is 0. The molecule has 0 aromatic heterocycles. The van der Waals surface area contributed by atoms with E-state index in [4.69, 9.17) is 5.11 Å². The van der Waals surface area contributed by atoms with Crippen LogP contribution in [0.25, 0.3) is 0 Å². The van der Waals surface area contributed by atoms with Crippen LogP contribution in [0, 0.1) is 11.8 Å². The van der Waals surface area contributed by atoms with Crippen molar-refractivity contribution >= 4 is 6.03 Å². The Morgan fingerprint density at radius 3 is 2.57 bits per heavy atom. The van der Waals surface area contributed by atoms with E-state index >= 15 is 0 Å². The molecule has 0 saturated heterocycles. The van der Waals surface area contributed by atoms with Crippen molar-refractivity contribution in [2.24, 2.45) is 11.8 Å². The molecule has 0 fully saturated rings. The molecule has 0 saturated carbocycles. The lowest BCUT2D eigenvalue weighted by atomic mass is 9.96. The number of aliphatic hydroxyl groups is 1. The first kappa shape index (κ1) is 15.6. The molecule has 0 radical (unpaired) electrons. The van der Waals surface area contributed by atoms with Crippen molar-refractivity contribution < 1.29 is 9.90 Å². The Labute approximate surface area is 126 Å². The van der Waals surface area contributed by atoms with Crippen LogP contribution in [0.4, 0.5) is 4.79 Å². The predicted molar refractivity (Wildman–Crippen MR) is 83.8 cm³/mol. The van der Waals surface area contributed by atoms with Crippen LogP contribution in [0.15, 0.2) is 42.5 Å². The molecule has 3 atom stereocenters. The molecular weight excluding hydrogens is 264 g/mol. The Kier molecular flexibility index (Phi) is 5.39. The first-order chi connectivity index (χ1) is 10.1. The van der Waals surface area contributed by atoms with Gasteiger partial charge in [0.05, 0.1) is 6.04 Å². The second-order valence-electron chi connectivity index (χ2n) is 5.92. The quantitative estimate of drug-likeness (QED) is 0.729. The maximum atomic E-state index is 12.2. The lowest BCUT2D eigenvalue weighted by molar-refractivity contribution is 0.225. The van der Waals surface area contributed by atoms with E-state index in [2.05, 4.69) is 24.5 Å². The van der Waals surface area contributed by atoms with Crippen LogP contribution in [0.3, 0.4) is 0 Å². The van der Waals surface area contributed by atoms with E-state index < -0.39 is 0 Å². The van der Waals surface area contributed by atoms with Gasteiger partial charge in [-0.1, -0.05) is 56.3 Å². The van der Waals surface area contributed by atoms with E-state index in [0.717, 1.165) is 12.0 Å². The molecule has 4 heteroatoms. The van der Waals surface area contributed by atoms with Crippen molar-refractivity contribution in [3.63, 3.8) is 0 Å². The molecule has 3 N–H and O–H groups in total. The number of amides is 2. The van der Waals surface area contributed by atoms with Crippen LogP contribution in [0.2, 0.25) is 0 Å². The third kappa shape index (κ3) is 4.33. The number of carbonyl (C=O) groups is 1. The second-order valence-corrected chi connectivity index (χ2v) is 5.92.